The molecule has 0 saturated heterocycles. The smallest absolute Gasteiger partial charge is 0.493 e. The normalized spacial score (nSPS) is 12.3. The first-order valence-electron chi connectivity index (χ1n) is 19.4. The summed E-state index contributed by atoms with van der Waals surface area (Å²) in [6.45, 7) is 16.8. The largest absolute Gasteiger partial charge is 2.00 e. The Kier molecular flexibility index (Phi) is 29.3. The third kappa shape index (κ3) is 17.9. The van der Waals surface area contributed by atoms with E-state index in [9.17, 15) is 5.53 Å². The average molecular weight is 698 g/mol. The first-order chi connectivity index (χ1) is 23.2. The van der Waals surface area contributed by atoms with E-state index in [0.29, 0.717) is 0 Å². The molecule has 0 aliphatic carbocycles. The van der Waals surface area contributed by atoms with Gasteiger partial charge >= 0.3 is 16.5 Å². The van der Waals surface area contributed by atoms with Crippen LogP contribution in [0.15, 0.2) is 72.3 Å². The van der Waals surface area contributed by atoms with Gasteiger partial charge < -0.3 is 19.4 Å². The second-order valence-electron chi connectivity index (χ2n) is 12.7. The second-order valence-corrected chi connectivity index (χ2v) is 12.7. The van der Waals surface area contributed by atoms with Crippen LogP contribution >= 0.6 is 0 Å². The van der Waals surface area contributed by atoms with Crippen LogP contribution in [0.1, 0.15) is 172 Å². The number of benzene rings is 2. The zero-order chi connectivity index (χ0) is 34.5. The van der Waals surface area contributed by atoms with Gasteiger partial charge in [-0.2, -0.15) is 13.8 Å². The Bertz CT molecular complexity index is 1190. The number of unbranched alkanes of at least 4 members (excludes halogenated alkanes) is 15. The summed E-state index contributed by atoms with van der Waals surface area (Å²) in [5.41, 5.74) is 19.4. The van der Waals surface area contributed by atoms with E-state index in [1.807, 2.05) is 0 Å². The van der Waals surface area contributed by atoms with E-state index in [1.54, 1.807) is 13.8 Å². The van der Waals surface area contributed by atoms with Gasteiger partial charge in [-0.1, -0.05) is 147 Å². The third-order valence-corrected chi connectivity index (χ3v) is 8.84. The van der Waals surface area contributed by atoms with Gasteiger partial charge in [-0.25, -0.2) is 4.70 Å². The Morgan fingerprint density at radius 2 is 1.02 bits per heavy atom. The topological polar surface area (TPSA) is 25.3 Å². The van der Waals surface area contributed by atoms with Crippen molar-refractivity contribution < 1.29 is 21.2 Å². The van der Waals surface area contributed by atoms with Crippen molar-refractivity contribution in [3.05, 3.63) is 114 Å². The second kappa shape index (κ2) is 30.8. The molecule has 2 nitrogen and oxygen atoms in total. The van der Waals surface area contributed by atoms with Crippen molar-refractivity contribution in [1.29, 1.82) is 0 Å². The Morgan fingerprint density at radius 3 is 1.54 bits per heavy atom. The molecule has 1 heterocycles. The molecule has 0 radical (unpaired) electrons. The number of hydrogen-bond donors (Lipinski definition) is 0. The molecule has 0 saturated carbocycles. The zero-order valence-electron chi connectivity index (χ0n) is 31.6. The molecule has 2 aromatic rings. The summed E-state index contributed by atoms with van der Waals surface area (Å²) in [6.07, 6.45) is 32.5. The summed E-state index contributed by atoms with van der Waals surface area (Å²) >= 11 is 0. The SMILES string of the molecule is CCCCCCCCCCCCCC=CC1=C(c2cccc(CCCCC)c2)[N+](=[N-])C(c2cccc(CCCCC)c2)=C1.[CH2-]C.[CH2-]C.[Ni+2]. The number of rotatable bonds is 23. The van der Waals surface area contributed by atoms with E-state index < -0.39 is 0 Å². The summed E-state index contributed by atoms with van der Waals surface area (Å²) in [7, 11) is 0. The van der Waals surface area contributed by atoms with Crippen LogP contribution in [0.3, 0.4) is 0 Å². The summed E-state index contributed by atoms with van der Waals surface area (Å²) in [4.78, 5) is 0. The number of hydrogen-bond acceptors (Lipinski definition) is 0. The monoisotopic (exact) mass is 696 g/mol. The molecule has 3 heteroatoms. The van der Waals surface area contributed by atoms with Crippen molar-refractivity contribution in [2.75, 3.05) is 0 Å². The molecular formula is C45H70N2Ni. The number of nitrogens with zero attached hydrogens (tertiary/aromatic N) is 2. The fourth-order valence-electron chi connectivity index (χ4n) is 6.20. The molecule has 1 aliphatic heterocycles. The van der Waals surface area contributed by atoms with Gasteiger partial charge in [0.05, 0.1) is 5.57 Å². The molecular weight excluding hydrogens is 627 g/mol. The molecule has 1 aliphatic rings. The minimum atomic E-state index is 0. The van der Waals surface area contributed by atoms with Crippen molar-refractivity contribution in [1.82, 2.24) is 0 Å². The first kappa shape index (κ1) is 45.8. The molecule has 2 aromatic carbocycles. The molecule has 0 bridgehead atoms. The summed E-state index contributed by atoms with van der Waals surface area (Å²) in [5, 5.41) is 0. The van der Waals surface area contributed by atoms with Crippen LogP contribution < -0.4 is 0 Å². The molecule has 0 spiro atoms. The predicted molar refractivity (Wildman–Crippen MR) is 210 cm³/mol. The first-order valence-corrected chi connectivity index (χ1v) is 19.4. The third-order valence-electron chi connectivity index (χ3n) is 8.84. The minimum Gasteiger partial charge on any atom is -0.493 e. The van der Waals surface area contributed by atoms with Crippen LogP contribution in [0.2, 0.25) is 0 Å². The Morgan fingerprint density at radius 1 is 0.583 bits per heavy atom. The molecule has 48 heavy (non-hydrogen) atoms. The van der Waals surface area contributed by atoms with Crippen LogP contribution in [0, 0.1) is 13.8 Å². The summed E-state index contributed by atoms with van der Waals surface area (Å²) < 4.78 is 1.44. The molecule has 270 valence electrons. The van der Waals surface area contributed by atoms with Gasteiger partial charge in [0.25, 0.3) is 0 Å². The van der Waals surface area contributed by atoms with E-state index in [0.717, 1.165) is 47.4 Å². The Hall–Kier alpha value is -2.25. The van der Waals surface area contributed by atoms with Gasteiger partial charge in [-0.05, 0) is 73.9 Å². The maximum Gasteiger partial charge on any atom is 2.00 e. The maximum atomic E-state index is 11.6. The van der Waals surface area contributed by atoms with Crippen molar-refractivity contribution in [3.63, 3.8) is 0 Å². The van der Waals surface area contributed by atoms with Crippen molar-refractivity contribution >= 4 is 11.4 Å². The fourth-order valence-corrected chi connectivity index (χ4v) is 6.20. The Balaban J connectivity index is 0.00000425. The summed E-state index contributed by atoms with van der Waals surface area (Å²) in [6, 6.07) is 17.6. The minimum absolute atomic E-state index is 0. The zero-order valence-corrected chi connectivity index (χ0v) is 32.6. The van der Waals surface area contributed by atoms with E-state index >= 15 is 0 Å². The van der Waals surface area contributed by atoms with E-state index in [4.69, 9.17) is 0 Å². The quantitative estimate of drug-likeness (QED) is 0.0478. The average Bonchev–Trinajstić information content (AvgIpc) is 3.44. The van der Waals surface area contributed by atoms with Gasteiger partial charge in [0, 0.05) is 17.2 Å². The summed E-state index contributed by atoms with van der Waals surface area (Å²) in [5.74, 6) is 0. The maximum absolute atomic E-state index is 11.6. The molecule has 0 amide bonds. The van der Waals surface area contributed by atoms with Crippen LogP contribution in [0.4, 0.5) is 0 Å². The van der Waals surface area contributed by atoms with Crippen LogP contribution in [0.5, 0.6) is 0 Å². The van der Waals surface area contributed by atoms with E-state index in [2.05, 4.69) is 101 Å². The van der Waals surface area contributed by atoms with Gasteiger partial charge in [-0.3, -0.25) is 0 Å². The van der Waals surface area contributed by atoms with E-state index in [-0.39, 0.29) is 16.5 Å². The fraction of sp³-hybridized carbons (Fsp3) is 0.556. The van der Waals surface area contributed by atoms with Gasteiger partial charge in [0.2, 0.25) is 11.4 Å². The standard InChI is InChI=1S/C41H60N2.2C2H5.Ni/c1-4-7-10-11-12-13-14-15-16-17-18-19-22-29-39-34-40(37-30-23-27-35(32-37)25-20-8-5-2)43(42)41(39)38-31-24-28-36(33-38)26-21-9-6-3;2*1-2;/h22-24,27-34H,4-21,25-26H2,1-3H3;2*1H2,2H3;/q;2*-1;+2. The molecule has 0 aromatic heterocycles. The van der Waals surface area contributed by atoms with Crippen LogP contribution in [-0.2, 0) is 29.3 Å². The van der Waals surface area contributed by atoms with Gasteiger partial charge in [0.1, 0.15) is 0 Å². The molecule has 0 unspecified atom stereocenters. The molecule has 0 fully saturated rings. The van der Waals surface area contributed by atoms with Gasteiger partial charge in [0.15, 0.2) is 0 Å². The molecule has 0 N–H and O–H groups in total. The Labute approximate surface area is 308 Å². The predicted octanol–water partition coefficient (Wildman–Crippen LogP) is 14.9. The molecule has 3 rings (SSSR count). The molecule has 0 atom stereocenters. The van der Waals surface area contributed by atoms with E-state index in [1.165, 1.54) is 125 Å². The van der Waals surface area contributed by atoms with Crippen LogP contribution in [-0.4, -0.2) is 4.70 Å². The van der Waals surface area contributed by atoms with Crippen molar-refractivity contribution in [2.45, 2.75) is 163 Å². The van der Waals surface area contributed by atoms with Crippen molar-refractivity contribution in [3.8, 4) is 0 Å². The number of aryl methyl sites for hydroxylation is 2. The van der Waals surface area contributed by atoms with Crippen LogP contribution in [0.25, 0.3) is 16.9 Å². The number of allylic oxidation sites excluding steroid dienone is 4. The van der Waals surface area contributed by atoms with Crippen molar-refractivity contribution in [2.24, 2.45) is 0 Å². The van der Waals surface area contributed by atoms with Gasteiger partial charge in [-0.15, -0.1) is 0 Å².